The van der Waals surface area contributed by atoms with Crippen LogP contribution in [0.25, 0.3) is 11.0 Å². The fraction of sp³-hybridized carbons (Fsp3) is 0.480. The van der Waals surface area contributed by atoms with Crippen LogP contribution in [0.5, 0.6) is 0 Å². The Labute approximate surface area is 214 Å². The van der Waals surface area contributed by atoms with Crippen LogP contribution in [0.2, 0.25) is 0 Å². The average molecular weight is 513 g/mol. The molecule has 5 N–H and O–H groups in total. The minimum absolute atomic E-state index is 0.0233. The topological polar surface area (TPSA) is 140 Å². The first-order valence-electron chi connectivity index (χ1n) is 12.1. The Morgan fingerprint density at radius 1 is 1.14 bits per heavy atom. The number of nitrogens with zero attached hydrogens (tertiary/aromatic N) is 3. The van der Waals surface area contributed by atoms with Gasteiger partial charge in [0.1, 0.15) is 30.0 Å². The maximum Gasteiger partial charge on any atom is 0.224 e. The van der Waals surface area contributed by atoms with Crippen molar-refractivity contribution < 1.29 is 19.0 Å². The van der Waals surface area contributed by atoms with Gasteiger partial charge in [-0.25, -0.2) is 9.97 Å². The van der Waals surface area contributed by atoms with Crippen LogP contribution in [0.3, 0.4) is 0 Å². The second-order valence-corrected chi connectivity index (χ2v) is 10.7. The summed E-state index contributed by atoms with van der Waals surface area (Å²) in [5, 5.41) is 3.66. The van der Waals surface area contributed by atoms with Gasteiger partial charge in [0.25, 0.3) is 0 Å². The number of fused-ring (bicyclic) bond motifs is 2. The number of hydrogen-bond acceptors (Lipinski definition) is 9. The third kappa shape index (κ3) is 5.15. The van der Waals surface area contributed by atoms with E-state index in [1.54, 1.807) is 23.9 Å². The minimum Gasteiger partial charge on any atom is -0.397 e. The maximum atomic E-state index is 12.2. The number of ether oxygens (including phenoxy) is 3. The van der Waals surface area contributed by atoms with Gasteiger partial charge < -0.3 is 35.6 Å². The van der Waals surface area contributed by atoms with Crippen molar-refractivity contribution in [3.63, 3.8) is 0 Å². The molecule has 2 aliphatic rings. The number of nitrogens with one attached hydrogen (secondary N) is 1. The highest BCUT2D eigenvalue weighted by Crippen LogP contribution is 2.44. The lowest BCUT2D eigenvalue weighted by Crippen LogP contribution is -2.31. The Kier molecular flexibility index (Phi) is 7.07. The molecule has 0 spiro atoms. The molecule has 0 unspecified atom stereocenters. The molecule has 11 heteroatoms. The molecule has 1 aromatic carbocycles. The lowest BCUT2D eigenvalue weighted by atomic mass is 10.1. The van der Waals surface area contributed by atoms with Gasteiger partial charge in [-0.15, -0.1) is 0 Å². The highest BCUT2D eigenvalue weighted by atomic mass is 32.2. The molecular formula is C25H32N6O4S. The monoisotopic (exact) mass is 512 g/mol. The van der Waals surface area contributed by atoms with Crippen LogP contribution >= 0.6 is 11.8 Å². The van der Waals surface area contributed by atoms with Gasteiger partial charge in [0.2, 0.25) is 5.91 Å². The minimum atomic E-state index is -0.688. The average Bonchev–Trinajstić information content (AvgIpc) is 3.49. The Morgan fingerprint density at radius 3 is 2.78 bits per heavy atom. The fourth-order valence-electron chi connectivity index (χ4n) is 4.73. The van der Waals surface area contributed by atoms with E-state index in [1.165, 1.54) is 6.33 Å². The summed E-state index contributed by atoms with van der Waals surface area (Å²) < 4.78 is 20.9. The highest BCUT2D eigenvalue weighted by Gasteiger charge is 2.55. The van der Waals surface area contributed by atoms with E-state index in [0.29, 0.717) is 29.3 Å². The number of amides is 1. The molecule has 2 fully saturated rings. The van der Waals surface area contributed by atoms with Crippen molar-refractivity contribution in [2.45, 2.75) is 63.4 Å². The van der Waals surface area contributed by atoms with Gasteiger partial charge in [0.15, 0.2) is 12.0 Å². The third-order valence-corrected chi connectivity index (χ3v) is 7.54. The number of carbonyl (C=O) groups is 1. The van der Waals surface area contributed by atoms with Crippen LogP contribution < -0.4 is 16.8 Å². The van der Waals surface area contributed by atoms with Crippen molar-refractivity contribution >= 4 is 45.9 Å². The maximum absolute atomic E-state index is 12.2. The van der Waals surface area contributed by atoms with Crippen molar-refractivity contribution in [1.82, 2.24) is 14.5 Å². The van der Waals surface area contributed by atoms with Gasteiger partial charge in [-0.05, 0) is 50.6 Å². The number of hydrogen-bond donors (Lipinski definition) is 3. The quantitative estimate of drug-likeness (QED) is 0.290. The van der Waals surface area contributed by atoms with Crippen LogP contribution in [0, 0.1) is 0 Å². The van der Waals surface area contributed by atoms with Gasteiger partial charge in [0, 0.05) is 18.4 Å². The summed E-state index contributed by atoms with van der Waals surface area (Å²) in [7, 11) is 0. The number of para-hydroxylation sites is 2. The number of carbonyl (C=O) groups excluding carboxylic acids is 1. The molecule has 192 valence electrons. The van der Waals surface area contributed by atoms with E-state index < -0.39 is 5.79 Å². The van der Waals surface area contributed by atoms with Crippen LogP contribution in [0.15, 0.2) is 42.9 Å². The van der Waals surface area contributed by atoms with Gasteiger partial charge in [0.05, 0.1) is 22.9 Å². The molecule has 0 bridgehead atoms. The number of benzene rings is 1. The number of nitrogens with two attached hydrogens (primary N) is 2. The zero-order valence-electron chi connectivity index (χ0n) is 20.4. The molecule has 0 radical (unpaired) electrons. The van der Waals surface area contributed by atoms with Gasteiger partial charge in [-0.2, -0.15) is 11.8 Å². The largest absolute Gasteiger partial charge is 0.397 e. The van der Waals surface area contributed by atoms with Gasteiger partial charge in [-0.3, -0.25) is 4.79 Å². The van der Waals surface area contributed by atoms with Crippen molar-refractivity contribution in [2.75, 3.05) is 28.3 Å². The van der Waals surface area contributed by atoms with E-state index in [4.69, 9.17) is 25.7 Å². The van der Waals surface area contributed by atoms with E-state index in [2.05, 4.69) is 15.3 Å². The molecule has 0 aliphatic carbocycles. The summed E-state index contributed by atoms with van der Waals surface area (Å²) >= 11 is 1.80. The van der Waals surface area contributed by atoms with Gasteiger partial charge in [-0.1, -0.05) is 12.1 Å². The lowest BCUT2D eigenvalue weighted by molar-refractivity contribution is -0.193. The van der Waals surface area contributed by atoms with Crippen LogP contribution in [-0.4, -0.2) is 56.0 Å². The second kappa shape index (κ2) is 10.3. The van der Waals surface area contributed by atoms with Crippen LogP contribution in [0.1, 0.15) is 39.3 Å². The molecule has 3 aromatic rings. The van der Waals surface area contributed by atoms with Crippen LogP contribution in [0.4, 0.5) is 17.2 Å². The van der Waals surface area contributed by atoms with E-state index >= 15 is 0 Å². The van der Waals surface area contributed by atoms with E-state index in [9.17, 15) is 4.79 Å². The summed E-state index contributed by atoms with van der Waals surface area (Å²) in [6, 6.07) is 9.17. The molecule has 1 amide bonds. The number of nitrogen functional groups attached to an aromatic ring is 2. The molecular weight excluding hydrogens is 480 g/mol. The second-order valence-electron chi connectivity index (χ2n) is 9.52. The lowest BCUT2D eigenvalue weighted by Gasteiger charge is -2.25. The number of aromatic nitrogens is 3. The summed E-state index contributed by atoms with van der Waals surface area (Å²) in [5.74, 6) is 1.41. The first kappa shape index (κ1) is 24.8. The molecule has 4 atom stereocenters. The molecule has 5 rings (SSSR count). The number of unbranched alkanes of at least 4 members (excludes halogenated alkanes) is 1. The van der Waals surface area contributed by atoms with Gasteiger partial charge >= 0.3 is 0 Å². The summed E-state index contributed by atoms with van der Waals surface area (Å²) in [6.45, 7) is 3.85. The first-order valence-corrected chi connectivity index (χ1v) is 13.3. The summed E-state index contributed by atoms with van der Waals surface area (Å²) in [4.78, 5) is 20.7. The van der Waals surface area contributed by atoms with Crippen molar-refractivity contribution in [3.8, 4) is 0 Å². The molecule has 2 saturated heterocycles. The standard InChI is InChI=1S/C25H32N6O4S/c1-25(2)34-20-18(13-36-12-6-5-9-19(32)30-17-8-4-3-7-16(17)26)33-24(21(20)35-25)31-11-10-15-22(27)28-14-29-23(15)31/h3-4,7-8,10-11,14,18,20-21,24H,5-6,9,12-13,26H2,1-2H3,(H,30,32)(H2,27,28,29)/t18-,20-,21-,24-/m1/s1. The third-order valence-electron chi connectivity index (χ3n) is 6.40. The zero-order chi connectivity index (χ0) is 25.3. The normalized spacial score (nSPS) is 24.7. The molecule has 0 saturated carbocycles. The fourth-order valence-corrected chi connectivity index (χ4v) is 5.80. The Balaban J connectivity index is 1.13. The molecule has 2 aromatic heterocycles. The van der Waals surface area contributed by atoms with E-state index in [0.717, 1.165) is 29.7 Å². The van der Waals surface area contributed by atoms with Crippen LogP contribution in [-0.2, 0) is 19.0 Å². The SMILES string of the molecule is CC1(C)O[C@@H]2[C@H](O1)[C@@H](CSCCCCC(=O)Nc1ccccc1N)O[C@H]2n1ccc2c(N)ncnc21. The smallest absolute Gasteiger partial charge is 0.224 e. The van der Waals surface area contributed by atoms with Crippen molar-refractivity contribution in [2.24, 2.45) is 0 Å². The number of rotatable bonds is 9. The Bertz CT molecular complexity index is 1230. The van der Waals surface area contributed by atoms with E-state index in [-0.39, 0.29) is 30.4 Å². The molecule has 36 heavy (non-hydrogen) atoms. The van der Waals surface area contributed by atoms with Crippen molar-refractivity contribution in [3.05, 3.63) is 42.9 Å². The molecule has 10 nitrogen and oxygen atoms in total. The number of anilines is 3. The Morgan fingerprint density at radius 2 is 1.94 bits per heavy atom. The Hall–Kier alpha value is -2.86. The predicted molar refractivity (Wildman–Crippen MR) is 140 cm³/mol. The van der Waals surface area contributed by atoms with E-state index in [1.807, 2.05) is 42.8 Å². The molecule has 4 heterocycles. The molecule has 2 aliphatic heterocycles. The highest BCUT2D eigenvalue weighted by molar-refractivity contribution is 7.99. The summed E-state index contributed by atoms with van der Waals surface area (Å²) in [5.41, 5.74) is 13.8. The zero-order valence-corrected chi connectivity index (χ0v) is 21.2. The first-order chi connectivity index (χ1) is 17.3. The predicted octanol–water partition coefficient (Wildman–Crippen LogP) is 3.56. The van der Waals surface area contributed by atoms with Crippen molar-refractivity contribution in [1.29, 1.82) is 0 Å². The number of thioether (sulfide) groups is 1. The summed E-state index contributed by atoms with van der Waals surface area (Å²) in [6.07, 6.45) is 4.61.